The molecule has 0 saturated carbocycles. The molecule has 94 valence electrons. The van der Waals surface area contributed by atoms with Gasteiger partial charge in [-0.05, 0) is 57.9 Å². The third kappa shape index (κ3) is 4.14. The zero-order chi connectivity index (χ0) is 11.9. The normalized spacial score (nSPS) is 18.4. The zero-order valence-electron chi connectivity index (χ0n) is 10.9. The van der Waals surface area contributed by atoms with Crippen LogP contribution in [0.2, 0.25) is 0 Å². The number of hydrogen-bond donors (Lipinski definition) is 1. The average Bonchev–Trinajstić information content (AvgIpc) is 2.88. The Kier molecular flexibility index (Phi) is 5.02. The molecule has 0 aromatic heterocycles. The first-order chi connectivity index (χ1) is 8.36. The number of hydrogen-bond acceptors (Lipinski definition) is 2. The van der Waals surface area contributed by atoms with Crippen molar-refractivity contribution < 1.29 is 0 Å². The maximum absolute atomic E-state index is 3.60. The number of nitrogens with zero attached hydrogens (tertiary/aromatic N) is 1. The SMILES string of the molecule is C[C@H](NCCCN1CCCC1)c1ccccc1. The summed E-state index contributed by atoms with van der Waals surface area (Å²) in [7, 11) is 0. The Morgan fingerprint density at radius 1 is 1.18 bits per heavy atom. The fraction of sp³-hybridized carbons (Fsp3) is 0.600. The molecule has 1 aromatic carbocycles. The quantitative estimate of drug-likeness (QED) is 0.759. The summed E-state index contributed by atoms with van der Waals surface area (Å²) in [6.45, 7) is 7.24. The fourth-order valence-electron chi connectivity index (χ4n) is 2.49. The van der Waals surface area contributed by atoms with Gasteiger partial charge in [0.05, 0.1) is 0 Å². The van der Waals surface area contributed by atoms with Gasteiger partial charge in [0, 0.05) is 6.04 Å². The van der Waals surface area contributed by atoms with E-state index in [0.29, 0.717) is 6.04 Å². The molecule has 1 fully saturated rings. The number of rotatable bonds is 6. The number of benzene rings is 1. The van der Waals surface area contributed by atoms with Crippen LogP contribution >= 0.6 is 0 Å². The van der Waals surface area contributed by atoms with Crippen LogP contribution in [-0.2, 0) is 0 Å². The van der Waals surface area contributed by atoms with Gasteiger partial charge in [0.25, 0.3) is 0 Å². The van der Waals surface area contributed by atoms with Crippen LogP contribution in [0, 0.1) is 0 Å². The van der Waals surface area contributed by atoms with Gasteiger partial charge in [-0.3, -0.25) is 0 Å². The van der Waals surface area contributed by atoms with E-state index < -0.39 is 0 Å². The summed E-state index contributed by atoms with van der Waals surface area (Å²) < 4.78 is 0. The highest BCUT2D eigenvalue weighted by atomic mass is 15.1. The molecule has 0 radical (unpaired) electrons. The van der Waals surface area contributed by atoms with Crippen molar-refractivity contribution >= 4 is 0 Å². The molecule has 0 bridgehead atoms. The molecule has 1 N–H and O–H groups in total. The summed E-state index contributed by atoms with van der Waals surface area (Å²) in [4.78, 5) is 2.58. The molecular weight excluding hydrogens is 208 g/mol. The van der Waals surface area contributed by atoms with Crippen LogP contribution in [0.3, 0.4) is 0 Å². The van der Waals surface area contributed by atoms with Crippen LogP contribution in [0.4, 0.5) is 0 Å². The Bertz CT molecular complexity index is 304. The van der Waals surface area contributed by atoms with Gasteiger partial charge in [0.15, 0.2) is 0 Å². The Labute approximate surface area is 105 Å². The molecule has 2 nitrogen and oxygen atoms in total. The second-order valence-electron chi connectivity index (χ2n) is 4.99. The van der Waals surface area contributed by atoms with Gasteiger partial charge in [0.2, 0.25) is 0 Å². The third-order valence-corrected chi connectivity index (χ3v) is 3.60. The minimum absolute atomic E-state index is 0.467. The van der Waals surface area contributed by atoms with Crippen LogP contribution in [0.15, 0.2) is 30.3 Å². The standard InChI is InChI=1S/C15H24N2/c1-14(15-8-3-2-4-9-15)16-10-7-13-17-11-5-6-12-17/h2-4,8-9,14,16H,5-7,10-13H2,1H3/t14-/m0/s1. The maximum Gasteiger partial charge on any atom is 0.0291 e. The third-order valence-electron chi connectivity index (χ3n) is 3.60. The Morgan fingerprint density at radius 3 is 2.59 bits per heavy atom. The Morgan fingerprint density at radius 2 is 1.88 bits per heavy atom. The summed E-state index contributed by atoms with van der Waals surface area (Å²) in [5.74, 6) is 0. The second-order valence-corrected chi connectivity index (χ2v) is 4.99. The fourth-order valence-corrected chi connectivity index (χ4v) is 2.49. The molecule has 0 aliphatic carbocycles. The van der Waals surface area contributed by atoms with Crippen molar-refractivity contribution in [3.05, 3.63) is 35.9 Å². The van der Waals surface area contributed by atoms with E-state index >= 15 is 0 Å². The van der Waals surface area contributed by atoms with E-state index in [1.165, 1.54) is 44.5 Å². The lowest BCUT2D eigenvalue weighted by molar-refractivity contribution is 0.328. The first kappa shape index (κ1) is 12.6. The van der Waals surface area contributed by atoms with Crippen molar-refractivity contribution in [1.29, 1.82) is 0 Å². The van der Waals surface area contributed by atoms with Crippen molar-refractivity contribution in [2.24, 2.45) is 0 Å². The number of likely N-dealkylation sites (tertiary alicyclic amines) is 1. The first-order valence-electron chi connectivity index (χ1n) is 6.87. The van der Waals surface area contributed by atoms with E-state index in [4.69, 9.17) is 0 Å². The molecular formula is C15H24N2. The summed E-state index contributed by atoms with van der Waals surface area (Å²) in [6.07, 6.45) is 4.05. The predicted molar refractivity (Wildman–Crippen MR) is 73.2 cm³/mol. The summed E-state index contributed by atoms with van der Waals surface area (Å²) >= 11 is 0. The molecule has 1 heterocycles. The van der Waals surface area contributed by atoms with Crippen molar-refractivity contribution in [2.45, 2.75) is 32.2 Å². The maximum atomic E-state index is 3.60. The second kappa shape index (κ2) is 6.77. The van der Waals surface area contributed by atoms with E-state index in [9.17, 15) is 0 Å². The Balaban J connectivity index is 1.61. The summed E-state index contributed by atoms with van der Waals surface area (Å²) in [6, 6.07) is 11.1. The molecule has 2 rings (SSSR count). The van der Waals surface area contributed by atoms with E-state index in [-0.39, 0.29) is 0 Å². The van der Waals surface area contributed by atoms with Crippen LogP contribution in [-0.4, -0.2) is 31.1 Å². The molecule has 1 aliphatic heterocycles. The smallest absolute Gasteiger partial charge is 0.0291 e. The minimum atomic E-state index is 0.467. The molecule has 2 heteroatoms. The van der Waals surface area contributed by atoms with Crippen molar-refractivity contribution in [3.63, 3.8) is 0 Å². The van der Waals surface area contributed by atoms with E-state index in [1.807, 2.05) is 0 Å². The molecule has 1 atom stereocenters. The molecule has 17 heavy (non-hydrogen) atoms. The average molecular weight is 232 g/mol. The first-order valence-corrected chi connectivity index (χ1v) is 6.87. The van der Waals surface area contributed by atoms with Crippen LogP contribution in [0.1, 0.15) is 37.8 Å². The lowest BCUT2D eigenvalue weighted by atomic mass is 10.1. The monoisotopic (exact) mass is 232 g/mol. The lowest BCUT2D eigenvalue weighted by Crippen LogP contribution is -2.26. The van der Waals surface area contributed by atoms with Crippen LogP contribution in [0.25, 0.3) is 0 Å². The molecule has 1 aromatic rings. The number of nitrogens with one attached hydrogen (secondary N) is 1. The van der Waals surface area contributed by atoms with Gasteiger partial charge in [0.1, 0.15) is 0 Å². The van der Waals surface area contributed by atoms with Gasteiger partial charge in [-0.2, -0.15) is 0 Å². The largest absolute Gasteiger partial charge is 0.310 e. The van der Waals surface area contributed by atoms with Gasteiger partial charge in [-0.25, -0.2) is 0 Å². The van der Waals surface area contributed by atoms with E-state index in [2.05, 4.69) is 47.5 Å². The molecule has 1 aliphatic rings. The van der Waals surface area contributed by atoms with Crippen LogP contribution < -0.4 is 5.32 Å². The molecule has 0 unspecified atom stereocenters. The van der Waals surface area contributed by atoms with Gasteiger partial charge in [-0.15, -0.1) is 0 Å². The van der Waals surface area contributed by atoms with Gasteiger partial charge >= 0.3 is 0 Å². The van der Waals surface area contributed by atoms with E-state index in [0.717, 1.165) is 6.54 Å². The highest BCUT2D eigenvalue weighted by Gasteiger charge is 2.10. The predicted octanol–water partition coefficient (Wildman–Crippen LogP) is 2.82. The van der Waals surface area contributed by atoms with Gasteiger partial charge < -0.3 is 10.2 Å². The van der Waals surface area contributed by atoms with Crippen molar-refractivity contribution in [1.82, 2.24) is 10.2 Å². The summed E-state index contributed by atoms with van der Waals surface area (Å²) in [5.41, 5.74) is 1.38. The topological polar surface area (TPSA) is 15.3 Å². The van der Waals surface area contributed by atoms with Crippen molar-refractivity contribution in [2.75, 3.05) is 26.2 Å². The Hall–Kier alpha value is -0.860. The van der Waals surface area contributed by atoms with Gasteiger partial charge in [-0.1, -0.05) is 30.3 Å². The summed E-state index contributed by atoms with van der Waals surface area (Å²) in [5, 5.41) is 3.60. The minimum Gasteiger partial charge on any atom is -0.310 e. The molecule has 0 spiro atoms. The highest BCUT2D eigenvalue weighted by Crippen LogP contribution is 2.11. The molecule has 0 amide bonds. The van der Waals surface area contributed by atoms with E-state index in [1.54, 1.807) is 0 Å². The highest BCUT2D eigenvalue weighted by molar-refractivity contribution is 5.17. The molecule has 1 saturated heterocycles. The van der Waals surface area contributed by atoms with Crippen molar-refractivity contribution in [3.8, 4) is 0 Å². The zero-order valence-corrected chi connectivity index (χ0v) is 10.9. The van der Waals surface area contributed by atoms with Crippen LogP contribution in [0.5, 0.6) is 0 Å². The lowest BCUT2D eigenvalue weighted by Gasteiger charge is -2.17.